The van der Waals surface area contributed by atoms with Gasteiger partial charge in [-0.05, 0) is 32.0 Å². The predicted octanol–water partition coefficient (Wildman–Crippen LogP) is 2.12. The summed E-state index contributed by atoms with van der Waals surface area (Å²) in [5, 5.41) is 18.0. The third-order valence-electron chi connectivity index (χ3n) is 4.01. The van der Waals surface area contributed by atoms with Crippen LogP contribution in [0.4, 0.5) is 4.39 Å². The van der Waals surface area contributed by atoms with Crippen LogP contribution in [-0.4, -0.2) is 41.5 Å². The Bertz CT molecular complexity index is 589. The average Bonchev–Trinajstić information content (AvgIpc) is 2.50. The van der Waals surface area contributed by atoms with Crippen molar-refractivity contribution in [3.63, 3.8) is 0 Å². The topological polar surface area (TPSA) is 54.1 Å². The lowest BCUT2D eigenvalue weighted by Gasteiger charge is -2.40. The van der Waals surface area contributed by atoms with Crippen LogP contribution in [0.3, 0.4) is 0 Å². The van der Waals surface area contributed by atoms with Gasteiger partial charge in [0, 0.05) is 38.3 Å². The zero-order valence-electron chi connectivity index (χ0n) is 12.4. The molecule has 2 rings (SSSR count). The van der Waals surface area contributed by atoms with Crippen LogP contribution in [0.25, 0.3) is 0 Å². The molecule has 0 spiro atoms. The Balaban J connectivity index is 1.99. The Kier molecular flexibility index (Phi) is 4.57. The molecule has 0 amide bonds. The first kappa shape index (κ1) is 15.4. The van der Waals surface area contributed by atoms with Crippen LogP contribution in [0.15, 0.2) is 18.2 Å². The van der Waals surface area contributed by atoms with Gasteiger partial charge in [-0.1, -0.05) is 0 Å². The van der Waals surface area contributed by atoms with E-state index in [0.29, 0.717) is 17.7 Å². The number of benzene rings is 1. The third kappa shape index (κ3) is 3.58. The minimum atomic E-state index is -0.460. The number of hydrogen-bond donors (Lipinski definition) is 0. The predicted molar refractivity (Wildman–Crippen MR) is 77.7 cm³/mol. The van der Waals surface area contributed by atoms with Crippen LogP contribution in [0.2, 0.25) is 0 Å². The molecular weight excluding hydrogens is 267 g/mol. The van der Waals surface area contributed by atoms with Gasteiger partial charge in [0.25, 0.3) is 0 Å². The van der Waals surface area contributed by atoms with E-state index in [0.717, 1.165) is 26.2 Å². The second-order valence-electron chi connectivity index (χ2n) is 5.85. The van der Waals surface area contributed by atoms with Crippen molar-refractivity contribution in [2.45, 2.75) is 25.9 Å². The molecule has 0 N–H and O–H groups in total. The van der Waals surface area contributed by atoms with E-state index in [2.05, 4.69) is 15.9 Å². The Morgan fingerprint density at radius 3 is 2.43 bits per heavy atom. The Hall–Kier alpha value is -1.95. The highest BCUT2D eigenvalue weighted by Gasteiger charge is 2.29. The molecule has 0 unspecified atom stereocenters. The van der Waals surface area contributed by atoms with Crippen molar-refractivity contribution in [3.05, 3.63) is 35.1 Å². The minimum Gasteiger partial charge on any atom is -0.296 e. The fourth-order valence-corrected chi connectivity index (χ4v) is 2.54. The fraction of sp³-hybridized carbons (Fsp3) is 0.500. The monoisotopic (exact) mass is 286 g/mol. The van der Waals surface area contributed by atoms with Gasteiger partial charge in [-0.25, -0.2) is 4.39 Å². The molecule has 21 heavy (non-hydrogen) atoms. The lowest BCUT2D eigenvalue weighted by molar-refractivity contribution is 0.0758. The highest BCUT2D eigenvalue weighted by molar-refractivity contribution is 5.33. The van der Waals surface area contributed by atoms with Crippen LogP contribution in [-0.2, 0) is 6.54 Å². The maximum Gasteiger partial charge on any atom is 0.127 e. The summed E-state index contributed by atoms with van der Waals surface area (Å²) >= 11 is 0. The lowest BCUT2D eigenvalue weighted by atomic mass is 10.0. The van der Waals surface area contributed by atoms with Gasteiger partial charge < -0.3 is 0 Å². The molecule has 1 heterocycles. The second kappa shape index (κ2) is 6.22. The molecule has 1 aliphatic heterocycles. The first-order chi connectivity index (χ1) is 9.96. The molecule has 1 aliphatic rings. The zero-order chi connectivity index (χ0) is 15.5. The summed E-state index contributed by atoms with van der Waals surface area (Å²) in [6.07, 6.45) is 0. The van der Waals surface area contributed by atoms with Crippen LogP contribution >= 0.6 is 0 Å². The molecule has 110 valence electrons. The van der Waals surface area contributed by atoms with Crippen LogP contribution in [0, 0.1) is 28.5 Å². The van der Waals surface area contributed by atoms with Crippen molar-refractivity contribution >= 4 is 0 Å². The number of hydrogen-bond acceptors (Lipinski definition) is 4. The van der Waals surface area contributed by atoms with Gasteiger partial charge in [0.1, 0.15) is 11.4 Å². The quantitative estimate of drug-likeness (QED) is 0.854. The van der Waals surface area contributed by atoms with E-state index >= 15 is 0 Å². The summed E-state index contributed by atoms with van der Waals surface area (Å²) in [5.41, 5.74) is 0.579. The summed E-state index contributed by atoms with van der Waals surface area (Å²) in [6, 6.07) is 8.80. The molecule has 0 radical (unpaired) electrons. The number of rotatable bonds is 3. The highest BCUT2D eigenvalue weighted by atomic mass is 19.1. The SMILES string of the molecule is CC(C)(C#N)N1CCN(Cc2cc(C#N)ccc2F)CC1. The fourth-order valence-electron chi connectivity index (χ4n) is 2.54. The number of halogens is 1. The molecule has 0 aromatic heterocycles. The van der Waals surface area contributed by atoms with Gasteiger partial charge in [-0.3, -0.25) is 9.80 Å². The summed E-state index contributed by atoms with van der Waals surface area (Å²) in [5.74, 6) is -0.270. The Labute approximate surface area is 125 Å². The van der Waals surface area contributed by atoms with Crippen molar-refractivity contribution in [1.82, 2.24) is 9.80 Å². The summed E-state index contributed by atoms with van der Waals surface area (Å²) < 4.78 is 13.8. The van der Waals surface area contributed by atoms with E-state index in [1.807, 2.05) is 19.9 Å². The Morgan fingerprint density at radius 2 is 1.86 bits per heavy atom. The van der Waals surface area contributed by atoms with Crippen molar-refractivity contribution in [3.8, 4) is 12.1 Å². The molecule has 1 aromatic rings. The van der Waals surface area contributed by atoms with Crippen molar-refractivity contribution in [1.29, 1.82) is 10.5 Å². The third-order valence-corrected chi connectivity index (χ3v) is 4.01. The van der Waals surface area contributed by atoms with E-state index in [-0.39, 0.29) is 5.82 Å². The molecular formula is C16H19FN4. The van der Waals surface area contributed by atoms with Crippen LogP contribution in [0.1, 0.15) is 25.0 Å². The van der Waals surface area contributed by atoms with Gasteiger partial charge in [-0.2, -0.15) is 10.5 Å². The van der Waals surface area contributed by atoms with E-state index in [9.17, 15) is 4.39 Å². The first-order valence-corrected chi connectivity index (χ1v) is 7.03. The maximum absolute atomic E-state index is 13.8. The van der Waals surface area contributed by atoms with Gasteiger partial charge in [0.15, 0.2) is 0 Å². The van der Waals surface area contributed by atoms with E-state index in [4.69, 9.17) is 10.5 Å². The number of nitriles is 2. The van der Waals surface area contributed by atoms with Crippen molar-refractivity contribution in [2.75, 3.05) is 26.2 Å². The lowest BCUT2D eigenvalue weighted by Crippen LogP contribution is -2.53. The Morgan fingerprint density at radius 1 is 1.19 bits per heavy atom. The van der Waals surface area contributed by atoms with Gasteiger partial charge in [0.05, 0.1) is 17.7 Å². The number of nitrogens with zero attached hydrogens (tertiary/aromatic N) is 4. The molecule has 0 bridgehead atoms. The van der Waals surface area contributed by atoms with E-state index in [1.165, 1.54) is 12.1 Å². The minimum absolute atomic E-state index is 0.270. The molecule has 4 nitrogen and oxygen atoms in total. The first-order valence-electron chi connectivity index (χ1n) is 7.03. The summed E-state index contributed by atoms with van der Waals surface area (Å²) in [7, 11) is 0. The maximum atomic E-state index is 13.8. The largest absolute Gasteiger partial charge is 0.296 e. The van der Waals surface area contributed by atoms with Crippen molar-refractivity contribution < 1.29 is 4.39 Å². The highest BCUT2D eigenvalue weighted by Crippen LogP contribution is 2.18. The molecule has 0 saturated carbocycles. The zero-order valence-corrected chi connectivity index (χ0v) is 12.4. The van der Waals surface area contributed by atoms with Crippen LogP contribution in [0.5, 0.6) is 0 Å². The normalized spacial score (nSPS) is 17.2. The standard InChI is InChI=1S/C16H19FN4/c1-16(2,12-19)21-7-5-20(6-8-21)11-14-9-13(10-18)3-4-15(14)17/h3-4,9H,5-8,11H2,1-2H3. The summed E-state index contributed by atoms with van der Waals surface area (Å²) in [4.78, 5) is 4.30. The molecule has 1 fully saturated rings. The smallest absolute Gasteiger partial charge is 0.127 e. The second-order valence-corrected chi connectivity index (χ2v) is 5.85. The molecule has 5 heteroatoms. The number of piperazine rings is 1. The van der Waals surface area contributed by atoms with E-state index in [1.54, 1.807) is 6.07 Å². The van der Waals surface area contributed by atoms with Gasteiger partial charge >= 0.3 is 0 Å². The van der Waals surface area contributed by atoms with Gasteiger partial charge in [-0.15, -0.1) is 0 Å². The van der Waals surface area contributed by atoms with Crippen LogP contribution < -0.4 is 0 Å². The summed E-state index contributed by atoms with van der Waals surface area (Å²) in [6.45, 7) is 7.50. The average molecular weight is 286 g/mol. The van der Waals surface area contributed by atoms with Crippen molar-refractivity contribution in [2.24, 2.45) is 0 Å². The molecule has 1 saturated heterocycles. The molecule has 1 aromatic carbocycles. The van der Waals surface area contributed by atoms with Gasteiger partial charge in [0.2, 0.25) is 0 Å². The van der Waals surface area contributed by atoms with E-state index < -0.39 is 5.54 Å². The molecule has 0 aliphatic carbocycles. The molecule has 0 atom stereocenters.